The molecule has 4 N–H and O–H groups in total. The number of ether oxygens (including phenoxy) is 1. The summed E-state index contributed by atoms with van der Waals surface area (Å²) in [5.41, 5.74) is 2.48. The smallest absolute Gasteiger partial charge is 0.229 e. The van der Waals surface area contributed by atoms with Gasteiger partial charge in [0.05, 0.1) is 30.6 Å². The Kier molecular flexibility index (Phi) is 7.92. The lowest BCUT2D eigenvalue weighted by molar-refractivity contribution is 0.0943. The number of nitrogens with zero attached hydrogens (tertiary/aromatic N) is 4. The van der Waals surface area contributed by atoms with Gasteiger partial charge < -0.3 is 30.5 Å². The molecule has 2 aromatic carbocycles. The second-order valence-corrected chi connectivity index (χ2v) is 8.35. The third-order valence-corrected chi connectivity index (χ3v) is 5.64. The fourth-order valence-corrected chi connectivity index (χ4v) is 3.66. The van der Waals surface area contributed by atoms with Gasteiger partial charge in [0.1, 0.15) is 5.82 Å². The number of nitrogens with one attached hydrogen (secondary N) is 2. The molecular weight excluding hydrogens is 444 g/mol. The first-order valence-electron chi connectivity index (χ1n) is 11.5. The lowest BCUT2D eigenvalue weighted by Crippen LogP contribution is -2.32. The summed E-state index contributed by atoms with van der Waals surface area (Å²) in [4.78, 5) is 15.4. The van der Waals surface area contributed by atoms with Crippen LogP contribution in [0.1, 0.15) is 12.8 Å². The number of phenolic OH excluding ortho intramolecular Hbond substituents is 1. The van der Waals surface area contributed by atoms with Crippen LogP contribution >= 0.6 is 0 Å². The maximum absolute atomic E-state index is 9.68. The molecule has 9 heteroatoms. The van der Waals surface area contributed by atoms with Gasteiger partial charge in [0, 0.05) is 36.4 Å². The third-order valence-electron chi connectivity index (χ3n) is 5.64. The van der Waals surface area contributed by atoms with E-state index in [1.165, 1.54) is 7.11 Å². The number of aliphatic hydroxyl groups is 1. The standard InChI is InChI=1S/C20H17N5O2.C6H13NO/c1-27-18-11-14(6-7-17(18)26)24-20-21-9-8-19(25-20)23-15-10-13-4-2-3-5-16(13)22-12-15;1-7-4-2-6(8)3-5-7/h2-12,26H,1H3,(H2,21,23,24,25);6,8H,2-5H2,1H3. The minimum atomic E-state index is -0.0220. The molecule has 0 atom stereocenters. The molecule has 1 aliphatic heterocycles. The zero-order chi connectivity index (χ0) is 24.6. The molecule has 3 heterocycles. The quantitative estimate of drug-likeness (QED) is 0.314. The summed E-state index contributed by atoms with van der Waals surface area (Å²) >= 11 is 0. The van der Waals surface area contributed by atoms with Crippen molar-refractivity contribution in [3.05, 3.63) is 67.0 Å². The zero-order valence-corrected chi connectivity index (χ0v) is 19.8. The topological polar surface area (TPSA) is 116 Å². The van der Waals surface area contributed by atoms with Crippen LogP contribution in [0.3, 0.4) is 0 Å². The van der Waals surface area contributed by atoms with Gasteiger partial charge in [-0.3, -0.25) is 4.98 Å². The van der Waals surface area contributed by atoms with Crippen LogP contribution in [-0.2, 0) is 0 Å². The lowest BCUT2D eigenvalue weighted by Gasteiger charge is -2.25. The van der Waals surface area contributed by atoms with Crippen LogP contribution in [0.4, 0.5) is 23.1 Å². The number of hydrogen-bond donors (Lipinski definition) is 4. The second-order valence-electron chi connectivity index (χ2n) is 8.35. The zero-order valence-electron chi connectivity index (χ0n) is 19.8. The predicted molar refractivity (Wildman–Crippen MR) is 138 cm³/mol. The molecule has 182 valence electrons. The van der Waals surface area contributed by atoms with Gasteiger partial charge in [-0.1, -0.05) is 18.2 Å². The van der Waals surface area contributed by atoms with Crippen LogP contribution in [0.2, 0.25) is 0 Å². The summed E-state index contributed by atoms with van der Waals surface area (Å²) in [5, 5.41) is 26.1. The van der Waals surface area contributed by atoms with E-state index in [4.69, 9.17) is 9.84 Å². The number of rotatable bonds is 5. The normalized spacial score (nSPS) is 14.1. The number of para-hydroxylation sites is 1. The van der Waals surface area contributed by atoms with Crippen molar-refractivity contribution in [3.8, 4) is 11.5 Å². The van der Waals surface area contributed by atoms with E-state index in [-0.39, 0.29) is 11.9 Å². The molecule has 0 bridgehead atoms. The Morgan fingerprint density at radius 3 is 2.54 bits per heavy atom. The number of piperidine rings is 1. The molecule has 0 unspecified atom stereocenters. The number of anilines is 4. The molecule has 0 radical (unpaired) electrons. The number of methoxy groups -OCH3 is 1. The highest BCUT2D eigenvalue weighted by Crippen LogP contribution is 2.29. The minimum Gasteiger partial charge on any atom is -0.504 e. The monoisotopic (exact) mass is 474 g/mol. The van der Waals surface area contributed by atoms with Gasteiger partial charge in [-0.05, 0) is 50.2 Å². The summed E-state index contributed by atoms with van der Waals surface area (Å²) in [5.74, 6) is 1.50. The van der Waals surface area contributed by atoms with Crippen molar-refractivity contribution in [1.82, 2.24) is 19.9 Å². The molecule has 0 aliphatic carbocycles. The first-order valence-corrected chi connectivity index (χ1v) is 11.5. The Bertz CT molecular complexity index is 1250. The van der Waals surface area contributed by atoms with Crippen molar-refractivity contribution in [3.63, 3.8) is 0 Å². The van der Waals surface area contributed by atoms with Gasteiger partial charge in [-0.25, -0.2) is 4.98 Å². The first-order chi connectivity index (χ1) is 17.0. The molecule has 9 nitrogen and oxygen atoms in total. The molecule has 1 saturated heterocycles. The maximum atomic E-state index is 9.68. The van der Waals surface area contributed by atoms with Gasteiger partial charge in [0.25, 0.3) is 0 Å². The molecule has 0 amide bonds. The Balaban J connectivity index is 0.000000308. The number of fused-ring (bicyclic) bond motifs is 1. The summed E-state index contributed by atoms with van der Waals surface area (Å²) in [7, 11) is 3.59. The molecule has 2 aromatic heterocycles. The summed E-state index contributed by atoms with van der Waals surface area (Å²) in [6.45, 7) is 2.11. The summed E-state index contributed by atoms with van der Waals surface area (Å²) in [6.07, 6.45) is 5.31. The van der Waals surface area contributed by atoms with E-state index in [0.29, 0.717) is 23.2 Å². The number of aromatic nitrogens is 3. The number of aromatic hydroxyl groups is 1. The molecule has 1 aliphatic rings. The van der Waals surface area contributed by atoms with Gasteiger partial charge in [0.2, 0.25) is 5.95 Å². The maximum Gasteiger partial charge on any atom is 0.229 e. The van der Waals surface area contributed by atoms with Gasteiger partial charge >= 0.3 is 0 Å². The number of phenols is 1. The van der Waals surface area contributed by atoms with Crippen LogP contribution < -0.4 is 15.4 Å². The van der Waals surface area contributed by atoms with Crippen LogP contribution in [0.15, 0.2) is 67.0 Å². The summed E-state index contributed by atoms with van der Waals surface area (Å²) in [6, 6.07) is 16.6. The SMILES string of the molecule is CN1CCC(O)CC1.COc1cc(Nc2nccc(Nc3cnc4ccccc4c3)n2)ccc1O. The van der Waals surface area contributed by atoms with E-state index in [1.807, 2.05) is 30.3 Å². The highest BCUT2D eigenvalue weighted by molar-refractivity contribution is 5.82. The molecule has 1 fully saturated rings. The van der Waals surface area contributed by atoms with Crippen molar-refractivity contribution >= 4 is 34.0 Å². The number of benzene rings is 2. The number of hydrogen-bond acceptors (Lipinski definition) is 9. The average molecular weight is 475 g/mol. The van der Waals surface area contributed by atoms with E-state index in [0.717, 1.165) is 42.5 Å². The Morgan fingerprint density at radius 1 is 0.971 bits per heavy atom. The van der Waals surface area contributed by atoms with E-state index in [1.54, 1.807) is 36.7 Å². The summed E-state index contributed by atoms with van der Waals surface area (Å²) < 4.78 is 5.11. The number of likely N-dealkylation sites (tertiary alicyclic amines) is 1. The molecule has 5 rings (SSSR count). The van der Waals surface area contributed by atoms with Crippen molar-refractivity contribution < 1.29 is 14.9 Å². The van der Waals surface area contributed by atoms with Crippen LogP contribution in [-0.4, -0.2) is 63.4 Å². The number of aliphatic hydroxyl groups excluding tert-OH is 1. The molecule has 4 aromatic rings. The minimum absolute atomic E-state index is 0.0220. The molecule has 0 spiro atoms. The van der Waals surface area contributed by atoms with Crippen molar-refractivity contribution in [2.24, 2.45) is 0 Å². The predicted octanol–water partition coefficient (Wildman–Crippen LogP) is 4.30. The Labute approximate surface area is 204 Å². The molecule has 35 heavy (non-hydrogen) atoms. The lowest BCUT2D eigenvalue weighted by atomic mass is 10.1. The van der Waals surface area contributed by atoms with Crippen LogP contribution in [0, 0.1) is 0 Å². The molecule has 0 saturated carbocycles. The van der Waals surface area contributed by atoms with E-state index < -0.39 is 0 Å². The van der Waals surface area contributed by atoms with Gasteiger partial charge in [-0.2, -0.15) is 4.98 Å². The Hall–Kier alpha value is -3.95. The van der Waals surface area contributed by atoms with E-state index >= 15 is 0 Å². The van der Waals surface area contributed by atoms with Gasteiger partial charge in [0.15, 0.2) is 11.5 Å². The molecular formula is C26H30N6O3. The van der Waals surface area contributed by atoms with Crippen molar-refractivity contribution in [2.45, 2.75) is 18.9 Å². The van der Waals surface area contributed by atoms with Crippen molar-refractivity contribution in [2.75, 3.05) is 37.9 Å². The fraction of sp³-hybridized carbons (Fsp3) is 0.269. The average Bonchev–Trinajstić information content (AvgIpc) is 2.87. The highest BCUT2D eigenvalue weighted by Gasteiger charge is 2.12. The number of pyridine rings is 1. The van der Waals surface area contributed by atoms with Gasteiger partial charge in [-0.15, -0.1) is 0 Å². The third kappa shape index (κ3) is 6.78. The first kappa shape index (κ1) is 24.2. The fourth-order valence-electron chi connectivity index (χ4n) is 3.66. The van der Waals surface area contributed by atoms with Crippen molar-refractivity contribution in [1.29, 1.82) is 0 Å². The van der Waals surface area contributed by atoms with E-state index in [9.17, 15) is 5.11 Å². The second kappa shape index (κ2) is 11.5. The van der Waals surface area contributed by atoms with E-state index in [2.05, 4.69) is 37.5 Å². The highest BCUT2D eigenvalue weighted by atomic mass is 16.5. The Morgan fingerprint density at radius 2 is 1.77 bits per heavy atom. The van der Waals surface area contributed by atoms with Crippen LogP contribution in [0.25, 0.3) is 10.9 Å². The van der Waals surface area contributed by atoms with Crippen LogP contribution in [0.5, 0.6) is 11.5 Å². The largest absolute Gasteiger partial charge is 0.504 e.